The van der Waals surface area contributed by atoms with Crippen molar-refractivity contribution in [2.24, 2.45) is 0 Å². The van der Waals surface area contributed by atoms with Gasteiger partial charge in [0.25, 0.3) is 5.91 Å². The van der Waals surface area contributed by atoms with Crippen molar-refractivity contribution in [1.29, 1.82) is 0 Å². The van der Waals surface area contributed by atoms with Crippen LogP contribution >= 0.6 is 27.3 Å². The Kier molecular flexibility index (Phi) is 3.92. The topological polar surface area (TPSA) is 40.5 Å². The normalized spacial score (nSPS) is 11.5. The van der Waals surface area contributed by atoms with Crippen LogP contribution in [0.1, 0.15) is 23.5 Å². The number of amides is 1. The first-order valence-corrected chi connectivity index (χ1v) is 6.14. The number of hydrogen-bond donors (Lipinski definition) is 1. The Morgan fingerprint density at radius 1 is 1.60 bits per heavy atom. The van der Waals surface area contributed by atoms with Crippen LogP contribution in [0.5, 0.6) is 0 Å². The molecule has 0 aliphatic heterocycles. The van der Waals surface area contributed by atoms with Crippen LogP contribution in [0.25, 0.3) is 0 Å². The average molecular weight is 292 g/mol. The summed E-state index contributed by atoms with van der Waals surface area (Å²) in [5, 5.41) is 9.17. The van der Waals surface area contributed by atoms with E-state index in [2.05, 4.69) is 15.9 Å². The molecule has 0 fully saturated rings. The van der Waals surface area contributed by atoms with E-state index in [1.54, 1.807) is 18.0 Å². The summed E-state index contributed by atoms with van der Waals surface area (Å²) >= 11 is 4.71. The fraction of sp³-hybridized carbons (Fsp3) is 0.500. The monoisotopic (exact) mass is 291 g/mol. The van der Waals surface area contributed by atoms with Gasteiger partial charge in [-0.25, -0.2) is 0 Å². The summed E-state index contributed by atoms with van der Waals surface area (Å²) in [5.74, 6) is -0.0650. The molecule has 1 amide bonds. The van der Waals surface area contributed by atoms with Crippen LogP contribution in [0.2, 0.25) is 0 Å². The molecule has 0 radical (unpaired) electrons. The molecule has 1 rings (SSSR count). The third-order valence-corrected chi connectivity index (χ3v) is 4.00. The quantitative estimate of drug-likeness (QED) is 0.929. The van der Waals surface area contributed by atoms with Crippen LogP contribution in [0.4, 0.5) is 0 Å². The molecule has 15 heavy (non-hydrogen) atoms. The summed E-state index contributed by atoms with van der Waals surface area (Å²) in [6, 6.07) is 3.62. The highest BCUT2D eigenvalue weighted by Crippen LogP contribution is 2.25. The number of likely N-dealkylation sites (N-methyl/N-ethyl adjacent to an activating group) is 1. The number of hydrogen-bond acceptors (Lipinski definition) is 3. The second kappa shape index (κ2) is 4.63. The van der Waals surface area contributed by atoms with Gasteiger partial charge in [0.05, 0.1) is 20.8 Å². The highest BCUT2D eigenvalue weighted by molar-refractivity contribution is 9.11. The zero-order valence-corrected chi connectivity index (χ0v) is 11.4. The van der Waals surface area contributed by atoms with Gasteiger partial charge in [-0.3, -0.25) is 4.79 Å². The Bertz CT molecular complexity index is 362. The van der Waals surface area contributed by atoms with Crippen LogP contribution in [0.3, 0.4) is 0 Å². The Labute approximate surface area is 102 Å². The molecule has 1 aromatic rings. The van der Waals surface area contributed by atoms with Gasteiger partial charge in [-0.15, -0.1) is 11.3 Å². The Hall–Kier alpha value is -0.390. The largest absolute Gasteiger partial charge is 0.394 e. The summed E-state index contributed by atoms with van der Waals surface area (Å²) in [6.07, 6.45) is 0. The summed E-state index contributed by atoms with van der Waals surface area (Å²) < 4.78 is 0.932. The lowest BCUT2D eigenvalue weighted by molar-refractivity contribution is 0.0478. The van der Waals surface area contributed by atoms with Crippen molar-refractivity contribution in [3.63, 3.8) is 0 Å². The number of aliphatic hydroxyl groups is 1. The van der Waals surface area contributed by atoms with Gasteiger partial charge < -0.3 is 10.0 Å². The minimum absolute atomic E-state index is 0.0538. The molecule has 0 spiro atoms. The molecule has 0 bridgehead atoms. The number of halogens is 1. The van der Waals surface area contributed by atoms with Crippen molar-refractivity contribution < 1.29 is 9.90 Å². The number of carbonyl (C=O) groups excluding carboxylic acids is 1. The summed E-state index contributed by atoms with van der Waals surface area (Å²) in [4.78, 5) is 14.2. The first-order valence-electron chi connectivity index (χ1n) is 4.53. The van der Waals surface area contributed by atoms with E-state index in [9.17, 15) is 4.79 Å². The van der Waals surface area contributed by atoms with Crippen LogP contribution in [0, 0.1) is 0 Å². The zero-order valence-electron chi connectivity index (χ0n) is 8.95. The first-order chi connectivity index (χ1) is 6.88. The van der Waals surface area contributed by atoms with Crippen molar-refractivity contribution in [3.8, 4) is 0 Å². The number of thiophene rings is 1. The van der Waals surface area contributed by atoms with Gasteiger partial charge >= 0.3 is 0 Å². The smallest absolute Gasteiger partial charge is 0.264 e. The van der Waals surface area contributed by atoms with Gasteiger partial charge in [0, 0.05) is 7.05 Å². The first kappa shape index (κ1) is 12.7. The maximum atomic E-state index is 12.0. The summed E-state index contributed by atoms with van der Waals surface area (Å²) in [7, 11) is 1.70. The van der Waals surface area contributed by atoms with E-state index in [-0.39, 0.29) is 12.5 Å². The zero-order chi connectivity index (χ0) is 11.6. The van der Waals surface area contributed by atoms with Crippen molar-refractivity contribution in [3.05, 3.63) is 20.8 Å². The van der Waals surface area contributed by atoms with Crippen LogP contribution < -0.4 is 0 Å². The predicted molar refractivity (Wildman–Crippen MR) is 65.3 cm³/mol. The van der Waals surface area contributed by atoms with E-state index in [1.807, 2.05) is 19.9 Å². The lowest BCUT2D eigenvalue weighted by atomic mass is 10.1. The Balaban J connectivity index is 2.86. The minimum Gasteiger partial charge on any atom is -0.394 e. The lowest BCUT2D eigenvalue weighted by Crippen LogP contribution is -2.47. The molecule has 0 saturated heterocycles. The van der Waals surface area contributed by atoms with Gasteiger partial charge in [-0.2, -0.15) is 0 Å². The second-order valence-electron chi connectivity index (χ2n) is 3.94. The lowest BCUT2D eigenvalue weighted by Gasteiger charge is -2.33. The van der Waals surface area contributed by atoms with Gasteiger partial charge in [0.15, 0.2) is 0 Å². The van der Waals surface area contributed by atoms with Gasteiger partial charge in [0.2, 0.25) is 0 Å². The average Bonchev–Trinajstić information content (AvgIpc) is 2.62. The molecule has 0 aliphatic rings. The second-order valence-corrected chi connectivity index (χ2v) is 6.40. The maximum absolute atomic E-state index is 12.0. The molecular weight excluding hydrogens is 278 g/mol. The van der Waals surface area contributed by atoms with Crippen molar-refractivity contribution in [1.82, 2.24) is 4.90 Å². The molecule has 0 saturated carbocycles. The molecule has 84 valence electrons. The number of carbonyl (C=O) groups is 1. The molecular formula is C10H14BrNO2S. The highest BCUT2D eigenvalue weighted by atomic mass is 79.9. The fourth-order valence-corrected chi connectivity index (χ4v) is 2.34. The third kappa shape index (κ3) is 2.80. The van der Waals surface area contributed by atoms with Crippen molar-refractivity contribution in [2.45, 2.75) is 19.4 Å². The summed E-state index contributed by atoms with van der Waals surface area (Å²) in [6.45, 7) is 3.60. The van der Waals surface area contributed by atoms with E-state index in [4.69, 9.17) is 5.11 Å². The van der Waals surface area contributed by atoms with Crippen LogP contribution in [0.15, 0.2) is 15.9 Å². The molecule has 1 N–H and O–H groups in total. The molecule has 0 aliphatic carbocycles. The molecule has 0 atom stereocenters. The van der Waals surface area contributed by atoms with E-state index in [0.717, 1.165) is 3.79 Å². The van der Waals surface area contributed by atoms with E-state index in [1.165, 1.54) is 11.3 Å². The SMILES string of the molecule is CN(C(=O)c1ccc(Br)s1)C(C)(C)CO. The Morgan fingerprint density at radius 3 is 2.60 bits per heavy atom. The number of aliphatic hydroxyl groups excluding tert-OH is 1. The van der Waals surface area contributed by atoms with E-state index in [0.29, 0.717) is 4.88 Å². The molecule has 1 aromatic heterocycles. The number of rotatable bonds is 3. The molecule has 1 heterocycles. The molecule has 0 unspecified atom stereocenters. The Morgan fingerprint density at radius 2 is 2.20 bits per heavy atom. The highest BCUT2D eigenvalue weighted by Gasteiger charge is 2.28. The van der Waals surface area contributed by atoms with Crippen molar-refractivity contribution in [2.75, 3.05) is 13.7 Å². The standard InChI is InChI=1S/C10H14BrNO2S/c1-10(2,6-13)12(3)9(14)7-4-5-8(11)15-7/h4-5,13H,6H2,1-3H3. The molecule has 3 nitrogen and oxygen atoms in total. The van der Waals surface area contributed by atoms with Crippen LogP contribution in [-0.4, -0.2) is 35.1 Å². The van der Waals surface area contributed by atoms with Crippen LogP contribution in [-0.2, 0) is 0 Å². The van der Waals surface area contributed by atoms with E-state index >= 15 is 0 Å². The van der Waals surface area contributed by atoms with Crippen molar-refractivity contribution >= 4 is 33.2 Å². The van der Waals surface area contributed by atoms with Gasteiger partial charge in [0.1, 0.15) is 0 Å². The molecule has 5 heteroatoms. The minimum atomic E-state index is -0.534. The van der Waals surface area contributed by atoms with Gasteiger partial charge in [-0.05, 0) is 41.9 Å². The number of nitrogens with zero attached hydrogens (tertiary/aromatic N) is 1. The third-order valence-electron chi connectivity index (χ3n) is 2.38. The van der Waals surface area contributed by atoms with Gasteiger partial charge in [-0.1, -0.05) is 0 Å². The van der Waals surface area contributed by atoms with E-state index < -0.39 is 5.54 Å². The predicted octanol–water partition coefficient (Wildman–Crippen LogP) is 2.35. The summed E-state index contributed by atoms with van der Waals surface area (Å²) in [5.41, 5.74) is -0.534. The maximum Gasteiger partial charge on any atom is 0.264 e. The fourth-order valence-electron chi connectivity index (χ4n) is 0.975. The molecule has 0 aromatic carbocycles.